The molecule has 2 aliphatic rings. The minimum absolute atomic E-state index is 0.0666. The molecule has 2 aliphatic carbocycles. The van der Waals surface area contributed by atoms with Gasteiger partial charge >= 0.3 is 0 Å². The van der Waals surface area contributed by atoms with Crippen LogP contribution >= 0.6 is 11.6 Å². The number of benzene rings is 2. The Labute approximate surface area is 265 Å². The number of nitrogens with one attached hydrogen (secondary N) is 2. The molecule has 2 aromatic heterocycles. The molecule has 0 aliphatic heterocycles. The quantitative estimate of drug-likeness (QED) is 0.166. The second-order valence-corrected chi connectivity index (χ2v) is 13.2. The Kier molecular flexibility index (Phi) is 12.5. The van der Waals surface area contributed by atoms with Gasteiger partial charge in [-0.3, -0.25) is 9.65 Å². The molecule has 0 spiro atoms. The lowest BCUT2D eigenvalue weighted by Gasteiger charge is -2.33. The molecule has 0 saturated heterocycles. The van der Waals surface area contributed by atoms with E-state index in [1.807, 2.05) is 37.3 Å². The van der Waals surface area contributed by atoms with Gasteiger partial charge in [-0.2, -0.15) is 13.5 Å². The molecule has 11 heteroatoms. The van der Waals surface area contributed by atoms with Crippen LogP contribution in [-0.2, 0) is 10.1 Å². The number of hydrogen-bond donors (Lipinski definition) is 4. The number of nitrogens with zero attached hydrogens (tertiary/aromatic N) is 3. The van der Waals surface area contributed by atoms with E-state index < -0.39 is 10.1 Å². The lowest BCUT2D eigenvalue weighted by atomic mass is 9.81. The van der Waals surface area contributed by atoms with E-state index in [1.54, 1.807) is 24.7 Å². The van der Waals surface area contributed by atoms with Crippen LogP contribution in [0.25, 0.3) is 22.5 Å². The SMILES string of the molecule is CO.Cc1ccc(S(=O)(=O)O)cc1.Clc1ccc(-c2n[nH]c(C3CCC(NC4CCCCC4)CC3)c2-c2ccncn2)cc1. The van der Waals surface area contributed by atoms with Gasteiger partial charge in [0.25, 0.3) is 10.1 Å². The molecule has 4 aromatic rings. The van der Waals surface area contributed by atoms with Gasteiger partial charge in [-0.05, 0) is 75.8 Å². The molecule has 0 unspecified atom stereocenters. The number of aromatic amines is 1. The standard InChI is InChI=1S/C25H30ClN5.C7H8O3S.CH4O/c26-19-10-6-17(7-11-19)24-23(22-14-15-27-16-28-22)25(31-30-24)18-8-12-21(13-9-18)29-20-4-2-1-3-5-20;1-6-2-4-7(5-3-6)11(8,9)10;1-2/h6-7,10-11,14-16,18,20-21,29H,1-5,8-9,12-13H2,(H,30,31);2-5H,1H3,(H,8,9,10);2H,1H3. The summed E-state index contributed by atoms with van der Waals surface area (Å²) in [6.45, 7) is 1.84. The molecular weight excluding hydrogens is 598 g/mol. The molecule has 0 amide bonds. The molecule has 2 fully saturated rings. The minimum Gasteiger partial charge on any atom is -0.400 e. The fourth-order valence-electron chi connectivity index (χ4n) is 6.03. The summed E-state index contributed by atoms with van der Waals surface area (Å²) >= 11 is 6.11. The molecule has 0 atom stereocenters. The van der Waals surface area contributed by atoms with Crippen molar-refractivity contribution in [3.63, 3.8) is 0 Å². The van der Waals surface area contributed by atoms with Gasteiger partial charge in [-0.15, -0.1) is 0 Å². The number of aliphatic hydroxyl groups is 1. The molecule has 236 valence electrons. The van der Waals surface area contributed by atoms with Crippen LogP contribution in [0.5, 0.6) is 0 Å². The number of halogens is 1. The number of hydrogen-bond acceptors (Lipinski definition) is 7. The summed E-state index contributed by atoms with van der Waals surface area (Å²) in [4.78, 5) is 8.61. The lowest BCUT2D eigenvalue weighted by molar-refractivity contribution is 0.277. The largest absolute Gasteiger partial charge is 0.400 e. The molecule has 44 heavy (non-hydrogen) atoms. The molecule has 2 saturated carbocycles. The highest BCUT2D eigenvalue weighted by molar-refractivity contribution is 7.85. The smallest absolute Gasteiger partial charge is 0.294 e. The topological polar surface area (TPSA) is 141 Å². The second-order valence-electron chi connectivity index (χ2n) is 11.3. The Morgan fingerprint density at radius 1 is 0.864 bits per heavy atom. The van der Waals surface area contributed by atoms with Crippen LogP contribution in [0.2, 0.25) is 5.02 Å². The van der Waals surface area contributed by atoms with Crippen molar-refractivity contribution >= 4 is 21.7 Å². The van der Waals surface area contributed by atoms with E-state index in [-0.39, 0.29) is 4.90 Å². The van der Waals surface area contributed by atoms with Crippen LogP contribution in [0.3, 0.4) is 0 Å². The zero-order chi connectivity index (χ0) is 31.5. The molecule has 6 rings (SSSR count). The van der Waals surface area contributed by atoms with Crippen LogP contribution in [0, 0.1) is 6.92 Å². The van der Waals surface area contributed by atoms with Gasteiger partial charge in [0, 0.05) is 53.2 Å². The molecule has 0 radical (unpaired) electrons. The summed E-state index contributed by atoms with van der Waals surface area (Å²) in [7, 11) is -3.02. The zero-order valence-corrected chi connectivity index (χ0v) is 26.9. The van der Waals surface area contributed by atoms with E-state index in [0.717, 1.165) is 46.3 Å². The van der Waals surface area contributed by atoms with Crippen molar-refractivity contribution in [1.29, 1.82) is 0 Å². The van der Waals surface area contributed by atoms with Crippen molar-refractivity contribution < 1.29 is 18.1 Å². The van der Waals surface area contributed by atoms with Crippen molar-refractivity contribution in [3.05, 3.63) is 83.4 Å². The van der Waals surface area contributed by atoms with Gasteiger partial charge in [0.15, 0.2) is 0 Å². The second kappa shape index (κ2) is 16.2. The Hall–Kier alpha value is -3.15. The number of aromatic nitrogens is 4. The third-order valence-corrected chi connectivity index (χ3v) is 9.40. The predicted molar refractivity (Wildman–Crippen MR) is 174 cm³/mol. The Bertz CT molecular complexity index is 1530. The third-order valence-electron chi connectivity index (χ3n) is 8.28. The Morgan fingerprint density at radius 3 is 2.09 bits per heavy atom. The molecule has 9 nitrogen and oxygen atoms in total. The third kappa shape index (κ3) is 9.18. The summed E-state index contributed by atoms with van der Waals surface area (Å²) in [6.07, 6.45) is 15.1. The van der Waals surface area contributed by atoms with Crippen LogP contribution < -0.4 is 5.32 Å². The predicted octanol–water partition coefficient (Wildman–Crippen LogP) is 6.99. The van der Waals surface area contributed by atoms with Crippen molar-refractivity contribution in [2.24, 2.45) is 0 Å². The van der Waals surface area contributed by atoms with Gasteiger partial charge in [-0.25, -0.2) is 9.97 Å². The highest BCUT2D eigenvalue weighted by atomic mass is 35.5. The normalized spacial score (nSPS) is 18.8. The first kappa shape index (κ1) is 33.7. The first-order valence-corrected chi connectivity index (χ1v) is 16.9. The first-order valence-electron chi connectivity index (χ1n) is 15.1. The van der Waals surface area contributed by atoms with Crippen molar-refractivity contribution in [2.75, 3.05) is 7.11 Å². The highest BCUT2D eigenvalue weighted by Crippen LogP contribution is 2.41. The van der Waals surface area contributed by atoms with Gasteiger partial charge in [-0.1, -0.05) is 60.7 Å². The number of H-pyrrole nitrogens is 1. The molecular formula is C33H42ClN5O4S. The van der Waals surface area contributed by atoms with Crippen molar-refractivity contribution in [3.8, 4) is 22.5 Å². The van der Waals surface area contributed by atoms with Crippen molar-refractivity contribution in [1.82, 2.24) is 25.5 Å². The molecule has 4 N–H and O–H groups in total. The van der Waals surface area contributed by atoms with Gasteiger partial charge in [0.2, 0.25) is 0 Å². The summed E-state index contributed by atoms with van der Waals surface area (Å²) in [5, 5.41) is 19.8. The average molecular weight is 640 g/mol. The van der Waals surface area contributed by atoms with Gasteiger partial charge in [0.1, 0.15) is 12.0 Å². The van der Waals surface area contributed by atoms with E-state index in [0.29, 0.717) is 12.0 Å². The van der Waals surface area contributed by atoms with Gasteiger partial charge in [0.05, 0.1) is 10.6 Å². The fraction of sp³-hybridized carbons (Fsp3) is 0.424. The fourth-order valence-corrected chi connectivity index (χ4v) is 6.63. The maximum absolute atomic E-state index is 10.5. The first-order chi connectivity index (χ1) is 21.3. The van der Waals surface area contributed by atoms with Crippen LogP contribution in [0.15, 0.2) is 72.0 Å². The van der Waals surface area contributed by atoms with Gasteiger partial charge < -0.3 is 10.4 Å². The summed E-state index contributed by atoms with van der Waals surface area (Å²) in [5.74, 6) is 0.475. The van der Waals surface area contributed by atoms with E-state index in [9.17, 15) is 8.42 Å². The average Bonchev–Trinajstić information content (AvgIpc) is 3.49. The molecule has 2 aromatic carbocycles. The zero-order valence-electron chi connectivity index (χ0n) is 25.3. The van der Waals surface area contributed by atoms with Crippen molar-refractivity contribution in [2.45, 2.75) is 87.6 Å². The highest BCUT2D eigenvalue weighted by Gasteiger charge is 2.29. The summed E-state index contributed by atoms with van der Waals surface area (Å²) in [6, 6.07) is 17.2. The number of aliphatic hydroxyl groups excluding tert-OH is 1. The van der Waals surface area contributed by atoms with E-state index in [4.69, 9.17) is 26.4 Å². The van der Waals surface area contributed by atoms with Crippen LogP contribution in [0.1, 0.15) is 75.0 Å². The number of rotatable bonds is 6. The molecule has 0 bridgehead atoms. The number of aryl methyl sites for hydroxylation is 1. The molecule has 2 heterocycles. The Morgan fingerprint density at radius 2 is 1.50 bits per heavy atom. The maximum atomic E-state index is 10.5. The Balaban J connectivity index is 0.000000287. The minimum atomic E-state index is -4.02. The van der Waals surface area contributed by atoms with E-state index in [1.165, 1.54) is 75.6 Å². The summed E-state index contributed by atoms with van der Waals surface area (Å²) < 4.78 is 29.6. The van der Waals surface area contributed by atoms with E-state index in [2.05, 4.69) is 20.4 Å². The van der Waals surface area contributed by atoms with Crippen LogP contribution in [0.4, 0.5) is 0 Å². The van der Waals surface area contributed by atoms with Crippen LogP contribution in [-0.4, -0.2) is 57.4 Å². The van der Waals surface area contributed by atoms with E-state index >= 15 is 0 Å². The monoisotopic (exact) mass is 639 g/mol. The maximum Gasteiger partial charge on any atom is 0.294 e. The lowest BCUT2D eigenvalue weighted by Crippen LogP contribution is -2.41. The summed E-state index contributed by atoms with van der Waals surface area (Å²) in [5.41, 5.74) is 6.18.